The van der Waals surface area contributed by atoms with Gasteiger partial charge in [0.1, 0.15) is 5.82 Å². The molecule has 2 rings (SSSR count). The molecule has 1 amide bonds. The molecule has 0 saturated carbocycles. The quantitative estimate of drug-likeness (QED) is 0.791. The molecule has 3 nitrogen and oxygen atoms in total. The van der Waals surface area contributed by atoms with E-state index < -0.39 is 5.82 Å². The number of benzene rings is 1. The number of carbonyl (C=O) groups is 1. The highest BCUT2D eigenvalue weighted by Crippen LogP contribution is 2.25. The van der Waals surface area contributed by atoms with Gasteiger partial charge in [0.05, 0.1) is 17.3 Å². The number of amides is 1. The van der Waals surface area contributed by atoms with Gasteiger partial charge in [-0.3, -0.25) is 4.79 Å². The highest BCUT2D eigenvalue weighted by atomic mass is 79.9. The van der Waals surface area contributed by atoms with Gasteiger partial charge in [-0.15, -0.1) is 0 Å². The van der Waals surface area contributed by atoms with Crippen LogP contribution in [0.2, 0.25) is 0 Å². The molecule has 1 aliphatic heterocycles. The molecule has 0 radical (unpaired) electrons. The van der Waals surface area contributed by atoms with Crippen molar-refractivity contribution < 1.29 is 13.9 Å². The first-order valence-electron chi connectivity index (χ1n) is 6.21. The van der Waals surface area contributed by atoms with Crippen LogP contribution in [0.1, 0.15) is 31.1 Å². The van der Waals surface area contributed by atoms with Crippen LogP contribution < -0.4 is 0 Å². The molecule has 104 valence electrons. The minimum atomic E-state index is -0.410. The first-order valence-corrected chi connectivity index (χ1v) is 7.00. The summed E-state index contributed by atoms with van der Waals surface area (Å²) in [5.74, 6) is -0.582. The molecule has 19 heavy (non-hydrogen) atoms. The van der Waals surface area contributed by atoms with Crippen LogP contribution in [0.3, 0.4) is 0 Å². The number of morpholine rings is 1. The van der Waals surface area contributed by atoms with Crippen molar-refractivity contribution in [3.05, 3.63) is 34.1 Å². The minimum Gasteiger partial charge on any atom is -0.369 e. The van der Waals surface area contributed by atoms with Crippen molar-refractivity contribution in [2.45, 2.75) is 32.5 Å². The first-order chi connectivity index (χ1) is 8.78. The van der Waals surface area contributed by atoms with E-state index in [0.29, 0.717) is 23.1 Å². The maximum Gasteiger partial charge on any atom is 0.255 e. The second kappa shape index (κ2) is 5.21. The molecule has 0 bridgehead atoms. The number of ether oxygens (including phenoxy) is 1. The molecule has 0 spiro atoms. The van der Waals surface area contributed by atoms with Crippen molar-refractivity contribution in [2.75, 3.05) is 13.1 Å². The highest BCUT2D eigenvalue weighted by molar-refractivity contribution is 9.10. The molecule has 0 aromatic heterocycles. The smallest absolute Gasteiger partial charge is 0.255 e. The van der Waals surface area contributed by atoms with E-state index in [9.17, 15) is 9.18 Å². The van der Waals surface area contributed by atoms with Crippen LogP contribution in [0, 0.1) is 5.82 Å². The van der Waals surface area contributed by atoms with Crippen molar-refractivity contribution in [3.8, 4) is 0 Å². The summed E-state index contributed by atoms with van der Waals surface area (Å²) in [6, 6.07) is 4.14. The molecule has 1 aliphatic rings. The summed E-state index contributed by atoms with van der Waals surface area (Å²) in [6.07, 6.45) is -0.0277. The molecule has 5 heteroatoms. The average molecular weight is 330 g/mol. The first kappa shape index (κ1) is 14.5. The van der Waals surface area contributed by atoms with Gasteiger partial charge < -0.3 is 9.64 Å². The molecule has 0 N–H and O–H groups in total. The Kier molecular flexibility index (Phi) is 3.97. The maximum absolute atomic E-state index is 13.3. The van der Waals surface area contributed by atoms with E-state index in [0.717, 1.165) is 0 Å². The van der Waals surface area contributed by atoms with Crippen LogP contribution in [0.5, 0.6) is 0 Å². The second-order valence-electron chi connectivity index (χ2n) is 5.50. The number of halogens is 2. The van der Waals surface area contributed by atoms with E-state index in [2.05, 4.69) is 15.9 Å². The molecule has 1 fully saturated rings. The van der Waals surface area contributed by atoms with Crippen LogP contribution in [-0.2, 0) is 4.74 Å². The standard InChI is InChI=1S/C14H17BrFNO2/c1-9-7-17(8-14(2,3)19-9)13(18)11-6-10(16)4-5-12(11)15/h4-6,9H,7-8H2,1-3H3. The Morgan fingerprint density at radius 2 is 2.21 bits per heavy atom. The Morgan fingerprint density at radius 3 is 2.84 bits per heavy atom. The molecule has 1 heterocycles. The van der Waals surface area contributed by atoms with Crippen molar-refractivity contribution in [3.63, 3.8) is 0 Å². The molecular formula is C14H17BrFNO2. The summed E-state index contributed by atoms with van der Waals surface area (Å²) in [6.45, 7) is 6.85. The fourth-order valence-corrected chi connectivity index (χ4v) is 2.86. The number of hydrogen-bond donors (Lipinski definition) is 0. The third kappa shape index (κ3) is 3.34. The summed E-state index contributed by atoms with van der Waals surface area (Å²) < 4.78 is 19.7. The fourth-order valence-electron chi connectivity index (χ4n) is 2.44. The molecule has 1 unspecified atom stereocenters. The number of nitrogens with zero attached hydrogens (tertiary/aromatic N) is 1. The summed E-state index contributed by atoms with van der Waals surface area (Å²) in [5, 5.41) is 0. The van der Waals surface area contributed by atoms with Crippen molar-refractivity contribution in [2.24, 2.45) is 0 Å². The van der Waals surface area contributed by atoms with Crippen LogP contribution in [0.4, 0.5) is 4.39 Å². The van der Waals surface area contributed by atoms with Crippen molar-refractivity contribution in [1.29, 1.82) is 0 Å². The number of rotatable bonds is 1. The van der Waals surface area contributed by atoms with E-state index in [-0.39, 0.29) is 17.6 Å². The van der Waals surface area contributed by atoms with Gasteiger partial charge in [-0.2, -0.15) is 0 Å². The maximum atomic E-state index is 13.3. The molecule has 1 atom stereocenters. The van der Waals surface area contributed by atoms with Gasteiger partial charge in [0.15, 0.2) is 0 Å². The van der Waals surface area contributed by atoms with Gasteiger partial charge in [-0.05, 0) is 54.9 Å². The Balaban J connectivity index is 2.26. The molecule has 1 saturated heterocycles. The molecular weight excluding hydrogens is 313 g/mol. The predicted molar refractivity (Wildman–Crippen MR) is 74.6 cm³/mol. The Morgan fingerprint density at radius 1 is 1.53 bits per heavy atom. The Bertz CT molecular complexity index is 504. The zero-order valence-corrected chi connectivity index (χ0v) is 12.8. The lowest BCUT2D eigenvalue weighted by Crippen LogP contribution is -2.53. The summed E-state index contributed by atoms with van der Waals surface area (Å²) in [7, 11) is 0. The van der Waals surface area contributed by atoms with Crippen LogP contribution >= 0.6 is 15.9 Å². The lowest BCUT2D eigenvalue weighted by Gasteiger charge is -2.41. The average Bonchev–Trinajstić information content (AvgIpc) is 2.29. The van der Waals surface area contributed by atoms with Gasteiger partial charge in [-0.25, -0.2) is 4.39 Å². The zero-order valence-electron chi connectivity index (χ0n) is 11.2. The zero-order chi connectivity index (χ0) is 14.2. The summed E-state index contributed by atoms with van der Waals surface area (Å²) in [5.41, 5.74) is -0.0301. The molecule has 0 aliphatic carbocycles. The second-order valence-corrected chi connectivity index (χ2v) is 6.35. The van der Waals surface area contributed by atoms with E-state index in [1.807, 2.05) is 20.8 Å². The van der Waals surface area contributed by atoms with Gasteiger partial charge in [0.2, 0.25) is 0 Å². The SMILES string of the molecule is CC1CN(C(=O)c2cc(F)ccc2Br)CC(C)(C)O1. The Labute approximate surface area is 120 Å². The van der Waals surface area contributed by atoms with Gasteiger partial charge in [-0.1, -0.05) is 0 Å². The van der Waals surface area contributed by atoms with E-state index >= 15 is 0 Å². The van der Waals surface area contributed by atoms with Crippen LogP contribution in [0.15, 0.2) is 22.7 Å². The Hall–Kier alpha value is -0.940. The van der Waals surface area contributed by atoms with E-state index in [4.69, 9.17) is 4.74 Å². The molecule has 1 aromatic rings. The highest BCUT2D eigenvalue weighted by Gasteiger charge is 2.34. The topological polar surface area (TPSA) is 29.5 Å². The van der Waals surface area contributed by atoms with Crippen molar-refractivity contribution in [1.82, 2.24) is 4.90 Å². The molecule has 1 aromatic carbocycles. The minimum absolute atomic E-state index is 0.0277. The van der Waals surface area contributed by atoms with E-state index in [1.165, 1.54) is 12.1 Å². The number of hydrogen-bond acceptors (Lipinski definition) is 2. The predicted octanol–water partition coefficient (Wildman–Crippen LogP) is 3.23. The fraction of sp³-hybridized carbons (Fsp3) is 0.500. The van der Waals surface area contributed by atoms with Crippen LogP contribution in [0.25, 0.3) is 0 Å². The third-order valence-electron chi connectivity index (χ3n) is 3.02. The summed E-state index contributed by atoms with van der Waals surface area (Å²) >= 11 is 3.30. The monoisotopic (exact) mass is 329 g/mol. The lowest BCUT2D eigenvalue weighted by molar-refractivity contribution is -0.118. The van der Waals surface area contributed by atoms with E-state index in [1.54, 1.807) is 11.0 Å². The number of carbonyl (C=O) groups excluding carboxylic acids is 1. The van der Waals surface area contributed by atoms with Gasteiger partial charge in [0, 0.05) is 17.6 Å². The normalized spacial score (nSPS) is 22.4. The summed E-state index contributed by atoms with van der Waals surface area (Å²) in [4.78, 5) is 14.2. The van der Waals surface area contributed by atoms with Crippen LogP contribution in [-0.4, -0.2) is 35.6 Å². The van der Waals surface area contributed by atoms with Gasteiger partial charge >= 0.3 is 0 Å². The lowest BCUT2D eigenvalue weighted by atomic mass is 10.0. The van der Waals surface area contributed by atoms with Gasteiger partial charge in [0.25, 0.3) is 5.91 Å². The largest absolute Gasteiger partial charge is 0.369 e. The third-order valence-corrected chi connectivity index (χ3v) is 3.71. The van der Waals surface area contributed by atoms with Crippen molar-refractivity contribution >= 4 is 21.8 Å².